The zero-order chi connectivity index (χ0) is 15.3. The molecule has 0 bridgehead atoms. The molecule has 0 aliphatic rings. The quantitative estimate of drug-likeness (QED) is 0.802. The summed E-state index contributed by atoms with van der Waals surface area (Å²) in [6.45, 7) is 5.64. The number of carbonyl (C=O) groups excluding carboxylic acids is 1. The maximum absolute atomic E-state index is 11.6. The Balaban J connectivity index is 3.16. The van der Waals surface area contributed by atoms with E-state index in [-0.39, 0.29) is 12.7 Å². The van der Waals surface area contributed by atoms with Crippen LogP contribution >= 0.6 is 15.9 Å². The standard InChI is InChI=1S/C14H19BrO5/c1-5-19-14(17)13(16)9-6-12(20-8(2)3)11(18-4)7-10(9)15/h6-8,13,16H,5H2,1-4H3. The lowest BCUT2D eigenvalue weighted by atomic mass is 10.1. The maximum atomic E-state index is 11.6. The molecule has 0 amide bonds. The first-order valence-corrected chi connectivity index (χ1v) is 7.08. The minimum absolute atomic E-state index is 0.0577. The van der Waals surface area contributed by atoms with Crippen molar-refractivity contribution in [1.82, 2.24) is 0 Å². The van der Waals surface area contributed by atoms with Gasteiger partial charge in [0.2, 0.25) is 0 Å². The van der Waals surface area contributed by atoms with Crippen molar-refractivity contribution in [3.05, 3.63) is 22.2 Å². The summed E-state index contributed by atoms with van der Waals surface area (Å²) in [5.41, 5.74) is 0.375. The van der Waals surface area contributed by atoms with E-state index in [2.05, 4.69) is 15.9 Å². The molecule has 0 spiro atoms. The smallest absolute Gasteiger partial charge is 0.339 e. The number of esters is 1. The Morgan fingerprint density at radius 3 is 2.50 bits per heavy atom. The average Bonchev–Trinajstić information content (AvgIpc) is 2.39. The maximum Gasteiger partial charge on any atom is 0.339 e. The highest BCUT2D eigenvalue weighted by atomic mass is 79.9. The number of methoxy groups -OCH3 is 1. The van der Waals surface area contributed by atoms with E-state index in [1.54, 1.807) is 19.1 Å². The highest BCUT2D eigenvalue weighted by Gasteiger charge is 2.23. The molecule has 1 atom stereocenters. The van der Waals surface area contributed by atoms with Crippen LogP contribution in [0, 0.1) is 0 Å². The summed E-state index contributed by atoms with van der Waals surface area (Å²) in [5.74, 6) is 0.281. The summed E-state index contributed by atoms with van der Waals surface area (Å²) in [5, 5.41) is 10.0. The van der Waals surface area contributed by atoms with Gasteiger partial charge in [0, 0.05) is 10.0 Å². The Morgan fingerprint density at radius 1 is 1.35 bits per heavy atom. The molecule has 0 radical (unpaired) electrons. The predicted octanol–water partition coefficient (Wildman–Crippen LogP) is 2.84. The van der Waals surface area contributed by atoms with Crippen molar-refractivity contribution in [3.63, 3.8) is 0 Å². The number of benzene rings is 1. The second-order valence-electron chi connectivity index (χ2n) is 4.35. The van der Waals surface area contributed by atoms with Crippen molar-refractivity contribution in [2.24, 2.45) is 0 Å². The molecule has 20 heavy (non-hydrogen) atoms. The third-order valence-electron chi connectivity index (χ3n) is 2.45. The third-order valence-corrected chi connectivity index (χ3v) is 3.14. The molecule has 1 N–H and O–H groups in total. The van der Waals surface area contributed by atoms with Crippen LogP contribution in [0.3, 0.4) is 0 Å². The molecule has 1 rings (SSSR count). The molecule has 0 aliphatic carbocycles. The molecular formula is C14H19BrO5. The minimum Gasteiger partial charge on any atom is -0.493 e. The van der Waals surface area contributed by atoms with E-state index in [4.69, 9.17) is 14.2 Å². The van der Waals surface area contributed by atoms with Gasteiger partial charge in [0.1, 0.15) is 0 Å². The van der Waals surface area contributed by atoms with Gasteiger partial charge in [0.25, 0.3) is 0 Å². The molecule has 0 saturated heterocycles. The van der Waals surface area contributed by atoms with Crippen LogP contribution in [0.1, 0.15) is 32.4 Å². The summed E-state index contributed by atoms with van der Waals surface area (Å²) < 4.78 is 16.2. The number of carbonyl (C=O) groups is 1. The van der Waals surface area contributed by atoms with Gasteiger partial charge < -0.3 is 19.3 Å². The van der Waals surface area contributed by atoms with Gasteiger partial charge >= 0.3 is 5.97 Å². The molecule has 5 nitrogen and oxygen atoms in total. The minimum atomic E-state index is -1.37. The molecule has 0 saturated carbocycles. The van der Waals surface area contributed by atoms with Gasteiger partial charge in [-0.3, -0.25) is 0 Å². The summed E-state index contributed by atoms with van der Waals surface area (Å²) in [4.78, 5) is 11.6. The van der Waals surface area contributed by atoms with Crippen LogP contribution in [0.2, 0.25) is 0 Å². The molecule has 1 aromatic carbocycles. The lowest BCUT2D eigenvalue weighted by molar-refractivity contribution is -0.153. The van der Waals surface area contributed by atoms with Crippen LogP contribution in [0.4, 0.5) is 0 Å². The van der Waals surface area contributed by atoms with Crippen LogP contribution in [0.15, 0.2) is 16.6 Å². The van der Waals surface area contributed by atoms with E-state index in [9.17, 15) is 9.90 Å². The molecule has 0 fully saturated rings. The van der Waals surface area contributed by atoms with Gasteiger partial charge in [0.15, 0.2) is 17.6 Å². The Bertz CT molecular complexity index is 473. The topological polar surface area (TPSA) is 65.0 Å². The molecule has 0 aromatic heterocycles. The van der Waals surface area contributed by atoms with Crippen molar-refractivity contribution in [2.45, 2.75) is 33.0 Å². The first kappa shape index (κ1) is 16.8. The van der Waals surface area contributed by atoms with E-state index < -0.39 is 12.1 Å². The zero-order valence-electron chi connectivity index (χ0n) is 12.0. The van der Waals surface area contributed by atoms with Gasteiger partial charge in [0.05, 0.1) is 19.8 Å². The van der Waals surface area contributed by atoms with Crippen molar-refractivity contribution >= 4 is 21.9 Å². The molecule has 1 unspecified atom stereocenters. The first-order chi connectivity index (χ1) is 9.40. The molecular weight excluding hydrogens is 328 g/mol. The van der Waals surface area contributed by atoms with Crippen LogP contribution in [-0.2, 0) is 9.53 Å². The Hall–Kier alpha value is -1.27. The SMILES string of the molecule is CCOC(=O)C(O)c1cc(OC(C)C)c(OC)cc1Br. The van der Waals surface area contributed by atoms with Gasteiger partial charge in [-0.15, -0.1) is 0 Å². The van der Waals surface area contributed by atoms with Crippen LogP contribution in [0.25, 0.3) is 0 Å². The summed E-state index contributed by atoms with van der Waals surface area (Å²) >= 11 is 3.31. The Kier molecular flexibility index (Phi) is 6.29. The molecule has 0 aliphatic heterocycles. The fourth-order valence-corrected chi connectivity index (χ4v) is 2.15. The first-order valence-electron chi connectivity index (χ1n) is 6.29. The van der Waals surface area contributed by atoms with Crippen molar-refractivity contribution < 1.29 is 24.1 Å². The van der Waals surface area contributed by atoms with Gasteiger partial charge in [-0.1, -0.05) is 15.9 Å². The van der Waals surface area contributed by atoms with Crippen LogP contribution in [-0.4, -0.2) is 30.9 Å². The monoisotopic (exact) mass is 346 g/mol. The van der Waals surface area contributed by atoms with E-state index in [0.29, 0.717) is 21.5 Å². The van der Waals surface area contributed by atoms with Crippen molar-refractivity contribution in [2.75, 3.05) is 13.7 Å². The molecule has 1 aromatic rings. The van der Waals surface area contributed by atoms with Crippen molar-refractivity contribution in [3.8, 4) is 11.5 Å². The fraction of sp³-hybridized carbons (Fsp3) is 0.500. The zero-order valence-corrected chi connectivity index (χ0v) is 13.6. The Labute approximate surface area is 127 Å². The number of rotatable bonds is 6. The molecule has 6 heteroatoms. The lowest BCUT2D eigenvalue weighted by Gasteiger charge is -2.18. The van der Waals surface area contributed by atoms with Gasteiger partial charge in [-0.2, -0.15) is 0 Å². The number of ether oxygens (including phenoxy) is 3. The summed E-state index contributed by atoms with van der Waals surface area (Å²) in [6, 6.07) is 3.22. The molecule has 112 valence electrons. The predicted molar refractivity (Wildman–Crippen MR) is 78.1 cm³/mol. The summed E-state index contributed by atoms with van der Waals surface area (Å²) in [7, 11) is 1.52. The molecule has 0 heterocycles. The Morgan fingerprint density at radius 2 is 2.00 bits per heavy atom. The number of halogens is 1. The van der Waals surface area contributed by atoms with Gasteiger partial charge in [-0.25, -0.2) is 4.79 Å². The third kappa shape index (κ3) is 4.11. The largest absolute Gasteiger partial charge is 0.493 e. The second-order valence-corrected chi connectivity index (χ2v) is 5.20. The second kappa shape index (κ2) is 7.50. The number of aliphatic hydroxyl groups excluding tert-OH is 1. The van der Waals surface area contributed by atoms with E-state index in [1.165, 1.54) is 7.11 Å². The number of hydrogen-bond donors (Lipinski definition) is 1. The van der Waals surface area contributed by atoms with Crippen LogP contribution in [0.5, 0.6) is 11.5 Å². The highest BCUT2D eigenvalue weighted by Crippen LogP contribution is 2.37. The number of aliphatic hydroxyl groups is 1. The van der Waals surface area contributed by atoms with Gasteiger partial charge in [-0.05, 0) is 32.9 Å². The van der Waals surface area contributed by atoms with Crippen molar-refractivity contribution in [1.29, 1.82) is 0 Å². The number of hydrogen-bond acceptors (Lipinski definition) is 5. The van der Waals surface area contributed by atoms with E-state index >= 15 is 0 Å². The fourth-order valence-electron chi connectivity index (χ4n) is 1.61. The lowest BCUT2D eigenvalue weighted by Crippen LogP contribution is -2.16. The summed E-state index contributed by atoms with van der Waals surface area (Å²) in [6.07, 6.45) is -1.43. The average molecular weight is 347 g/mol. The van der Waals surface area contributed by atoms with Crippen LogP contribution < -0.4 is 9.47 Å². The highest BCUT2D eigenvalue weighted by molar-refractivity contribution is 9.10. The van der Waals surface area contributed by atoms with E-state index in [0.717, 1.165) is 0 Å². The normalized spacial score (nSPS) is 12.2. The van der Waals surface area contributed by atoms with E-state index in [1.807, 2.05) is 13.8 Å².